The van der Waals surface area contributed by atoms with Gasteiger partial charge in [-0.15, -0.1) is 0 Å². The maximum Gasteiger partial charge on any atom is 0.258 e. The van der Waals surface area contributed by atoms with Crippen LogP contribution in [0.15, 0.2) is 35.3 Å². The first-order valence-electron chi connectivity index (χ1n) is 4.49. The second-order valence-electron chi connectivity index (χ2n) is 3.28. The minimum Gasteiger partial charge on any atom is -0.388 e. The van der Waals surface area contributed by atoms with Gasteiger partial charge in [-0.2, -0.15) is 0 Å². The SMILES string of the molecule is CNc1ccc2ccn(C)c(=O)c2c1. The molecule has 0 aliphatic carbocycles. The molecule has 2 rings (SSSR count). The molecular weight excluding hydrogens is 176 g/mol. The van der Waals surface area contributed by atoms with Crippen LogP contribution in [0.1, 0.15) is 0 Å². The lowest BCUT2D eigenvalue weighted by Gasteiger charge is -2.03. The van der Waals surface area contributed by atoms with Gasteiger partial charge in [-0.05, 0) is 23.6 Å². The fraction of sp³-hybridized carbons (Fsp3) is 0.182. The van der Waals surface area contributed by atoms with Gasteiger partial charge in [0.25, 0.3) is 5.56 Å². The highest BCUT2D eigenvalue weighted by Gasteiger charge is 2.00. The fourth-order valence-corrected chi connectivity index (χ4v) is 1.49. The Morgan fingerprint density at radius 2 is 2.07 bits per heavy atom. The number of pyridine rings is 1. The van der Waals surface area contributed by atoms with Crippen molar-refractivity contribution in [3.05, 3.63) is 40.8 Å². The topological polar surface area (TPSA) is 34.0 Å². The minimum atomic E-state index is 0.0413. The average Bonchev–Trinajstić information content (AvgIpc) is 2.23. The highest BCUT2D eigenvalue weighted by Crippen LogP contribution is 2.14. The first-order valence-corrected chi connectivity index (χ1v) is 4.49. The Hall–Kier alpha value is -1.77. The van der Waals surface area contributed by atoms with E-state index >= 15 is 0 Å². The average molecular weight is 188 g/mol. The lowest BCUT2D eigenvalue weighted by Crippen LogP contribution is -2.15. The number of aryl methyl sites for hydroxylation is 1. The van der Waals surface area contributed by atoms with Gasteiger partial charge in [-0.3, -0.25) is 4.79 Å². The van der Waals surface area contributed by atoms with Gasteiger partial charge in [0.1, 0.15) is 0 Å². The van der Waals surface area contributed by atoms with Crippen molar-refractivity contribution in [2.24, 2.45) is 7.05 Å². The molecule has 1 aromatic carbocycles. The second-order valence-corrected chi connectivity index (χ2v) is 3.28. The lowest BCUT2D eigenvalue weighted by atomic mass is 10.1. The number of benzene rings is 1. The molecule has 1 aromatic heterocycles. The van der Waals surface area contributed by atoms with E-state index in [0.29, 0.717) is 0 Å². The summed E-state index contributed by atoms with van der Waals surface area (Å²) in [7, 11) is 3.60. The number of nitrogens with zero attached hydrogens (tertiary/aromatic N) is 1. The normalized spacial score (nSPS) is 10.4. The summed E-state index contributed by atoms with van der Waals surface area (Å²) in [5, 5.41) is 4.75. The predicted octanol–water partition coefficient (Wildman–Crippen LogP) is 1.58. The monoisotopic (exact) mass is 188 g/mol. The number of aromatic nitrogens is 1. The Morgan fingerprint density at radius 1 is 1.29 bits per heavy atom. The van der Waals surface area contributed by atoms with Crippen molar-refractivity contribution in [2.75, 3.05) is 12.4 Å². The van der Waals surface area contributed by atoms with Crippen LogP contribution in [0, 0.1) is 0 Å². The molecule has 0 atom stereocenters. The molecule has 0 bridgehead atoms. The lowest BCUT2D eigenvalue weighted by molar-refractivity contribution is 0.873. The van der Waals surface area contributed by atoms with Crippen LogP contribution in [0.4, 0.5) is 5.69 Å². The van der Waals surface area contributed by atoms with Crippen LogP contribution in [0.25, 0.3) is 10.8 Å². The van der Waals surface area contributed by atoms with E-state index in [4.69, 9.17) is 0 Å². The van der Waals surface area contributed by atoms with Crippen LogP contribution in [-0.4, -0.2) is 11.6 Å². The second kappa shape index (κ2) is 3.18. The molecule has 0 saturated carbocycles. The molecule has 0 unspecified atom stereocenters. The third kappa shape index (κ3) is 1.27. The van der Waals surface area contributed by atoms with Crippen LogP contribution in [0.2, 0.25) is 0 Å². The Balaban J connectivity index is 2.85. The van der Waals surface area contributed by atoms with Crippen molar-refractivity contribution in [3.63, 3.8) is 0 Å². The van der Waals surface area contributed by atoms with Crippen molar-refractivity contribution in [3.8, 4) is 0 Å². The summed E-state index contributed by atoms with van der Waals surface area (Å²) in [5.74, 6) is 0. The molecule has 72 valence electrons. The molecule has 1 heterocycles. The minimum absolute atomic E-state index is 0.0413. The number of rotatable bonds is 1. The maximum absolute atomic E-state index is 11.7. The number of fused-ring (bicyclic) bond motifs is 1. The molecule has 0 radical (unpaired) electrons. The van der Waals surface area contributed by atoms with Crippen molar-refractivity contribution in [2.45, 2.75) is 0 Å². The quantitative estimate of drug-likeness (QED) is 0.737. The van der Waals surface area contributed by atoms with E-state index in [-0.39, 0.29) is 5.56 Å². The summed E-state index contributed by atoms with van der Waals surface area (Å²) < 4.78 is 1.59. The first-order chi connectivity index (χ1) is 6.72. The van der Waals surface area contributed by atoms with E-state index in [2.05, 4.69) is 5.32 Å². The van der Waals surface area contributed by atoms with E-state index < -0.39 is 0 Å². The van der Waals surface area contributed by atoms with Crippen molar-refractivity contribution in [1.29, 1.82) is 0 Å². The van der Waals surface area contributed by atoms with Gasteiger partial charge in [0.05, 0.1) is 0 Å². The zero-order valence-electron chi connectivity index (χ0n) is 8.24. The fourth-order valence-electron chi connectivity index (χ4n) is 1.49. The summed E-state index contributed by atoms with van der Waals surface area (Å²) in [6.07, 6.45) is 1.78. The van der Waals surface area contributed by atoms with E-state index in [1.807, 2.05) is 31.3 Å². The molecule has 0 fully saturated rings. The van der Waals surface area contributed by atoms with Crippen molar-refractivity contribution < 1.29 is 0 Å². The molecule has 3 heteroatoms. The van der Waals surface area contributed by atoms with Gasteiger partial charge < -0.3 is 9.88 Å². The third-order valence-corrected chi connectivity index (χ3v) is 2.37. The van der Waals surface area contributed by atoms with Crippen molar-refractivity contribution >= 4 is 16.5 Å². The summed E-state index contributed by atoms with van der Waals surface area (Å²) in [4.78, 5) is 11.7. The first kappa shape index (κ1) is 8.81. The summed E-state index contributed by atoms with van der Waals surface area (Å²) >= 11 is 0. The van der Waals surface area contributed by atoms with Gasteiger partial charge in [0.2, 0.25) is 0 Å². The summed E-state index contributed by atoms with van der Waals surface area (Å²) in [6, 6.07) is 7.72. The molecule has 2 aromatic rings. The number of hydrogen-bond acceptors (Lipinski definition) is 2. The molecule has 0 aliphatic heterocycles. The van der Waals surface area contributed by atoms with Gasteiger partial charge in [-0.25, -0.2) is 0 Å². The Labute approximate surface area is 82.0 Å². The Bertz CT molecular complexity index is 528. The predicted molar refractivity (Wildman–Crippen MR) is 58.7 cm³/mol. The van der Waals surface area contributed by atoms with Gasteiger partial charge in [0.15, 0.2) is 0 Å². The van der Waals surface area contributed by atoms with Crippen LogP contribution in [0.3, 0.4) is 0 Å². The summed E-state index contributed by atoms with van der Waals surface area (Å²) in [6.45, 7) is 0. The standard InChI is InChI=1S/C11H12N2O/c1-12-9-4-3-8-5-6-13(2)11(14)10(8)7-9/h3-7,12H,1-2H3. The number of anilines is 1. The Kier molecular flexibility index (Phi) is 2.00. The van der Waals surface area contributed by atoms with E-state index in [9.17, 15) is 4.79 Å². The highest BCUT2D eigenvalue weighted by atomic mass is 16.1. The molecule has 0 amide bonds. The van der Waals surface area contributed by atoms with E-state index in [1.54, 1.807) is 17.8 Å². The van der Waals surface area contributed by atoms with E-state index in [1.165, 1.54) is 0 Å². The highest BCUT2D eigenvalue weighted by molar-refractivity contribution is 5.84. The maximum atomic E-state index is 11.7. The van der Waals surface area contributed by atoms with Gasteiger partial charge >= 0.3 is 0 Å². The van der Waals surface area contributed by atoms with Gasteiger partial charge in [0, 0.05) is 31.4 Å². The molecule has 0 spiro atoms. The number of hydrogen-bond donors (Lipinski definition) is 1. The zero-order chi connectivity index (χ0) is 10.1. The zero-order valence-corrected chi connectivity index (χ0v) is 8.24. The molecule has 14 heavy (non-hydrogen) atoms. The molecule has 0 saturated heterocycles. The van der Waals surface area contributed by atoms with E-state index in [0.717, 1.165) is 16.5 Å². The van der Waals surface area contributed by atoms with Crippen molar-refractivity contribution in [1.82, 2.24) is 4.57 Å². The molecule has 1 N–H and O–H groups in total. The number of nitrogens with one attached hydrogen (secondary N) is 1. The van der Waals surface area contributed by atoms with Crippen LogP contribution >= 0.6 is 0 Å². The molecule has 3 nitrogen and oxygen atoms in total. The summed E-state index contributed by atoms with van der Waals surface area (Å²) in [5.41, 5.74) is 1.00. The van der Waals surface area contributed by atoms with Crippen LogP contribution < -0.4 is 10.9 Å². The smallest absolute Gasteiger partial charge is 0.258 e. The molecule has 0 aliphatic rings. The van der Waals surface area contributed by atoms with Crippen LogP contribution in [0.5, 0.6) is 0 Å². The Morgan fingerprint density at radius 3 is 2.79 bits per heavy atom. The van der Waals surface area contributed by atoms with Crippen LogP contribution in [-0.2, 0) is 7.05 Å². The third-order valence-electron chi connectivity index (χ3n) is 2.37. The molecular formula is C11H12N2O. The largest absolute Gasteiger partial charge is 0.388 e. The van der Waals surface area contributed by atoms with Gasteiger partial charge in [-0.1, -0.05) is 6.07 Å².